The van der Waals surface area contributed by atoms with Gasteiger partial charge in [-0.2, -0.15) is 0 Å². The van der Waals surface area contributed by atoms with Crippen LogP contribution in [0.1, 0.15) is 11.1 Å². The van der Waals surface area contributed by atoms with Gasteiger partial charge in [-0.3, -0.25) is 4.98 Å². The predicted molar refractivity (Wildman–Crippen MR) is 119 cm³/mol. The van der Waals surface area contributed by atoms with Gasteiger partial charge in [-0.25, -0.2) is 4.99 Å². The van der Waals surface area contributed by atoms with Crippen LogP contribution in [0, 0.1) is 0 Å². The van der Waals surface area contributed by atoms with Gasteiger partial charge in [0.2, 0.25) is 0 Å². The molecule has 1 spiro atoms. The van der Waals surface area contributed by atoms with Crippen LogP contribution in [-0.4, -0.2) is 24.7 Å². The van der Waals surface area contributed by atoms with Gasteiger partial charge in [-0.15, -0.1) is 0 Å². The van der Waals surface area contributed by atoms with Gasteiger partial charge in [0.25, 0.3) is 6.02 Å². The fourth-order valence-electron chi connectivity index (χ4n) is 4.48. The number of hydrogen-bond acceptors (Lipinski definition) is 6. The van der Waals surface area contributed by atoms with E-state index in [9.17, 15) is 0 Å². The Morgan fingerprint density at radius 1 is 0.968 bits per heavy atom. The van der Waals surface area contributed by atoms with Crippen LogP contribution in [0.2, 0.25) is 0 Å². The van der Waals surface area contributed by atoms with Crippen molar-refractivity contribution in [3.05, 3.63) is 84.2 Å². The number of aliphatic imine (C=N–C) groups is 1. The van der Waals surface area contributed by atoms with Crippen molar-refractivity contribution < 1.29 is 14.2 Å². The molecule has 6 heteroatoms. The van der Waals surface area contributed by atoms with Crippen molar-refractivity contribution in [3.63, 3.8) is 0 Å². The van der Waals surface area contributed by atoms with Crippen molar-refractivity contribution in [2.45, 2.75) is 5.54 Å². The zero-order valence-electron chi connectivity index (χ0n) is 16.8. The van der Waals surface area contributed by atoms with Crippen molar-refractivity contribution in [1.82, 2.24) is 4.98 Å². The molecule has 0 saturated heterocycles. The normalized spacial score (nSPS) is 18.7. The van der Waals surface area contributed by atoms with Crippen LogP contribution in [-0.2, 0) is 10.3 Å². The first-order valence-corrected chi connectivity index (χ1v) is 10.0. The Kier molecular flexibility index (Phi) is 3.71. The lowest BCUT2D eigenvalue weighted by atomic mass is 9.80. The summed E-state index contributed by atoms with van der Waals surface area (Å²) in [4.78, 5) is 9.20. The van der Waals surface area contributed by atoms with E-state index in [0.717, 1.165) is 50.3 Å². The quantitative estimate of drug-likeness (QED) is 0.523. The molecule has 4 aromatic rings. The van der Waals surface area contributed by atoms with Gasteiger partial charge >= 0.3 is 0 Å². The second kappa shape index (κ2) is 6.47. The summed E-state index contributed by atoms with van der Waals surface area (Å²) in [5.41, 5.74) is 9.04. The lowest BCUT2D eigenvalue weighted by Crippen LogP contribution is -2.31. The fourth-order valence-corrected chi connectivity index (χ4v) is 4.48. The topological polar surface area (TPSA) is 79.0 Å². The van der Waals surface area contributed by atoms with Crippen molar-refractivity contribution in [2.24, 2.45) is 10.7 Å². The molecule has 0 saturated carbocycles. The highest BCUT2D eigenvalue weighted by atomic mass is 16.5. The number of ether oxygens (including phenoxy) is 3. The van der Waals surface area contributed by atoms with Gasteiger partial charge in [0, 0.05) is 34.5 Å². The second-order valence-electron chi connectivity index (χ2n) is 7.68. The smallest absolute Gasteiger partial charge is 0.283 e. The molecule has 3 aromatic carbocycles. The standard InChI is InChI=1S/C25H19N3O3/c1-29-17-7-9-23-21(11-17)25(14-30-24(26)28-25)20-10-15(6-8-22(20)31-23)19-13-27-12-16-4-2-3-5-18(16)19/h2-13H,14H2,1H3,(H2,26,28)/t25-/m0/s1. The number of nitrogens with zero attached hydrogens (tertiary/aromatic N) is 2. The summed E-state index contributed by atoms with van der Waals surface area (Å²) in [6, 6.07) is 20.2. The van der Waals surface area contributed by atoms with Gasteiger partial charge in [-0.05, 0) is 41.3 Å². The summed E-state index contributed by atoms with van der Waals surface area (Å²) in [5.74, 6) is 2.17. The number of methoxy groups -OCH3 is 1. The summed E-state index contributed by atoms with van der Waals surface area (Å²) in [6.45, 7) is 0.298. The number of aromatic nitrogens is 1. The molecule has 0 unspecified atom stereocenters. The third-order valence-corrected chi connectivity index (χ3v) is 5.99. The maximum Gasteiger partial charge on any atom is 0.283 e. The minimum Gasteiger partial charge on any atom is -0.497 e. The molecule has 3 heterocycles. The lowest BCUT2D eigenvalue weighted by molar-refractivity contribution is 0.264. The highest BCUT2D eigenvalue weighted by Gasteiger charge is 2.47. The van der Waals surface area contributed by atoms with E-state index in [0.29, 0.717) is 6.61 Å². The summed E-state index contributed by atoms with van der Waals surface area (Å²) in [7, 11) is 1.64. The summed E-state index contributed by atoms with van der Waals surface area (Å²) in [5, 5.41) is 2.22. The first-order chi connectivity index (χ1) is 15.2. The molecule has 0 amide bonds. The SMILES string of the molecule is COc1ccc2c(c1)[C@]1(COC(N)=N1)c1cc(-c3cncc4ccccc34)ccc1O2. The molecular weight excluding hydrogens is 390 g/mol. The van der Waals surface area contributed by atoms with E-state index in [2.05, 4.69) is 23.2 Å². The van der Waals surface area contributed by atoms with Crippen LogP contribution in [0.15, 0.2) is 78.0 Å². The second-order valence-corrected chi connectivity index (χ2v) is 7.68. The molecule has 0 bridgehead atoms. The Morgan fingerprint density at radius 2 is 1.77 bits per heavy atom. The Hall–Kier alpha value is -4.06. The number of nitrogens with two attached hydrogens (primary N) is 1. The van der Waals surface area contributed by atoms with E-state index in [1.165, 1.54) is 0 Å². The van der Waals surface area contributed by atoms with Crippen LogP contribution in [0.3, 0.4) is 0 Å². The largest absolute Gasteiger partial charge is 0.497 e. The maximum absolute atomic E-state index is 6.24. The zero-order valence-corrected chi connectivity index (χ0v) is 16.8. The average molecular weight is 409 g/mol. The Bertz CT molecular complexity index is 1380. The molecule has 6 nitrogen and oxygen atoms in total. The molecular formula is C25H19N3O3. The van der Waals surface area contributed by atoms with E-state index in [-0.39, 0.29) is 6.02 Å². The van der Waals surface area contributed by atoms with Crippen LogP contribution < -0.4 is 15.2 Å². The number of hydrogen-bond donors (Lipinski definition) is 1. The Balaban J connectivity index is 1.60. The molecule has 0 fully saturated rings. The van der Waals surface area contributed by atoms with Gasteiger partial charge in [-0.1, -0.05) is 30.3 Å². The number of pyridine rings is 1. The number of fused-ring (bicyclic) bond motifs is 5. The van der Waals surface area contributed by atoms with Crippen molar-refractivity contribution in [3.8, 4) is 28.4 Å². The fraction of sp³-hybridized carbons (Fsp3) is 0.120. The average Bonchev–Trinajstić information content (AvgIpc) is 3.21. The van der Waals surface area contributed by atoms with Crippen molar-refractivity contribution >= 4 is 16.8 Å². The first kappa shape index (κ1) is 17.8. The minimum atomic E-state index is -0.796. The van der Waals surface area contributed by atoms with Crippen LogP contribution in [0.25, 0.3) is 21.9 Å². The van der Waals surface area contributed by atoms with Gasteiger partial charge in [0.1, 0.15) is 23.9 Å². The van der Waals surface area contributed by atoms with Crippen LogP contribution >= 0.6 is 0 Å². The summed E-state index contributed by atoms with van der Waals surface area (Å²) < 4.78 is 17.4. The third-order valence-electron chi connectivity index (χ3n) is 5.99. The Morgan fingerprint density at radius 3 is 2.58 bits per heavy atom. The van der Waals surface area contributed by atoms with E-state index in [1.807, 2.05) is 54.9 Å². The summed E-state index contributed by atoms with van der Waals surface area (Å²) in [6.07, 6.45) is 3.76. The molecule has 1 atom stereocenters. The van der Waals surface area contributed by atoms with Gasteiger partial charge < -0.3 is 19.9 Å². The summed E-state index contributed by atoms with van der Waals surface area (Å²) >= 11 is 0. The van der Waals surface area contributed by atoms with E-state index in [4.69, 9.17) is 24.9 Å². The molecule has 0 radical (unpaired) electrons. The molecule has 152 valence electrons. The molecule has 6 rings (SSSR count). The Labute approximate surface area is 178 Å². The third kappa shape index (κ3) is 2.58. The van der Waals surface area contributed by atoms with E-state index >= 15 is 0 Å². The van der Waals surface area contributed by atoms with Crippen LogP contribution in [0.5, 0.6) is 17.2 Å². The molecule has 2 aliphatic heterocycles. The molecule has 2 N–H and O–H groups in total. The number of amidine groups is 1. The monoisotopic (exact) mass is 409 g/mol. The number of benzene rings is 3. The van der Waals surface area contributed by atoms with Gasteiger partial charge in [0.05, 0.1) is 7.11 Å². The zero-order chi connectivity index (χ0) is 21.0. The highest BCUT2D eigenvalue weighted by Crippen LogP contribution is 2.52. The van der Waals surface area contributed by atoms with Crippen molar-refractivity contribution in [1.29, 1.82) is 0 Å². The van der Waals surface area contributed by atoms with Gasteiger partial charge in [0.15, 0.2) is 5.54 Å². The molecule has 0 aliphatic carbocycles. The van der Waals surface area contributed by atoms with E-state index < -0.39 is 5.54 Å². The first-order valence-electron chi connectivity index (χ1n) is 10.0. The number of rotatable bonds is 2. The molecule has 1 aromatic heterocycles. The predicted octanol–water partition coefficient (Wildman–Crippen LogP) is 4.60. The molecule has 31 heavy (non-hydrogen) atoms. The van der Waals surface area contributed by atoms with E-state index in [1.54, 1.807) is 7.11 Å². The maximum atomic E-state index is 6.24. The highest BCUT2D eigenvalue weighted by molar-refractivity contribution is 5.96. The van der Waals surface area contributed by atoms with Crippen molar-refractivity contribution in [2.75, 3.05) is 13.7 Å². The van der Waals surface area contributed by atoms with Crippen LogP contribution in [0.4, 0.5) is 0 Å². The minimum absolute atomic E-state index is 0.166. The molecule has 2 aliphatic rings. The lowest BCUT2D eigenvalue weighted by Gasteiger charge is -2.34.